The Balaban J connectivity index is 2.05. The first-order valence-electron chi connectivity index (χ1n) is 7.52. The van der Waals surface area contributed by atoms with Crippen LogP contribution in [0.4, 0.5) is 0 Å². The highest BCUT2D eigenvalue weighted by Gasteiger charge is 2.32. The van der Waals surface area contributed by atoms with Crippen molar-refractivity contribution >= 4 is 21.8 Å². The number of sulfonamides is 1. The van der Waals surface area contributed by atoms with Crippen molar-refractivity contribution in [3.63, 3.8) is 0 Å². The van der Waals surface area contributed by atoms with Gasteiger partial charge >= 0.3 is 0 Å². The second kappa shape index (κ2) is 6.93. The van der Waals surface area contributed by atoms with Gasteiger partial charge in [0.1, 0.15) is 0 Å². The topological polar surface area (TPSA) is 104 Å². The van der Waals surface area contributed by atoms with E-state index >= 15 is 0 Å². The summed E-state index contributed by atoms with van der Waals surface area (Å²) in [6, 6.07) is 0. The third-order valence-corrected chi connectivity index (χ3v) is 5.54. The third-order valence-electron chi connectivity index (χ3n) is 4.27. The van der Waals surface area contributed by atoms with Crippen molar-refractivity contribution < 1.29 is 18.0 Å². The van der Waals surface area contributed by atoms with Gasteiger partial charge in [-0.05, 0) is 25.9 Å². The van der Waals surface area contributed by atoms with Gasteiger partial charge in [0, 0.05) is 26.2 Å². The molecule has 0 unspecified atom stereocenters. The van der Waals surface area contributed by atoms with Crippen molar-refractivity contribution in [2.24, 2.45) is 11.7 Å². The van der Waals surface area contributed by atoms with Gasteiger partial charge in [0.15, 0.2) is 0 Å². The fourth-order valence-electron chi connectivity index (χ4n) is 2.92. The van der Waals surface area contributed by atoms with Crippen LogP contribution in [-0.2, 0) is 19.6 Å². The van der Waals surface area contributed by atoms with Gasteiger partial charge in [-0.2, -0.15) is 4.31 Å². The summed E-state index contributed by atoms with van der Waals surface area (Å²) in [5.41, 5.74) is 5.36. The molecule has 0 aromatic heterocycles. The van der Waals surface area contributed by atoms with Crippen molar-refractivity contribution in [3.8, 4) is 0 Å². The number of nitrogens with zero attached hydrogens (tertiary/aromatic N) is 3. The van der Waals surface area contributed by atoms with Crippen LogP contribution in [0.15, 0.2) is 0 Å². The summed E-state index contributed by atoms with van der Waals surface area (Å²) in [6.07, 6.45) is 3.30. The predicted octanol–water partition coefficient (Wildman–Crippen LogP) is -1.71. The minimum absolute atomic E-state index is 0.0433. The van der Waals surface area contributed by atoms with Crippen LogP contribution in [0.3, 0.4) is 0 Å². The van der Waals surface area contributed by atoms with Gasteiger partial charge < -0.3 is 10.6 Å². The quantitative estimate of drug-likeness (QED) is 0.660. The number of likely N-dealkylation sites (tertiary alicyclic amines) is 1. The molecule has 2 saturated heterocycles. The maximum atomic E-state index is 12.4. The predicted molar refractivity (Wildman–Crippen MR) is 81.4 cm³/mol. The average molecular weight is 332 g/mol. The Labute approximate surface area is 131 Å². The van der Waals surface area contributed by atoms with Gasteiger partial charge in [0.2, 0.25) is 21.8 Å². The molecule has 2 aliphatic rings. The lowest BCUT2D eigenvalue weighted by Crippen LogP contribution is -2.44. The zero-order valence-electron chi connectivity index (χ0n) is 12.9. The van der Waals surface area contributed by atoms with Gasteiger partial charge in [-0.15, -0.1) is 0 Å². The number of hydrogen-bond acceptors (Lipinski definition) is 5. The van der Waals surface area contributed by atoms with Crippen molar-refractivity contribution in [3.05, 3.63) is 0 Å². The number of nitrogens with two attached hydrogens (primary N) is 1. The van der Waals surface area contributed by atoms with E-state index in [0.717, 1.165) is 32.2 Å². The molecule has 2 N–H and O–H groups in total. The first-order valence-corrected chi connectivity index (χ1v) is 9.37. The van der Waals surface area contributed by atoms with Crippen molar-refractivity contribution in [1.29, 1.82) is 0 Å². The number of carbonyl (C=O) groups excluding carboxylic acids is 2. The molecule has 8 nitrogen and oxygen atoms in total. The second-order valence-electron chi connectivity index (χ2n) is 6.04. The lowest BCUT2D eigenvalue weighted by atomic mass is 10.1. The van der Waals surface area contributed by atoms with E-state index in [1.165, 1.54) is 4.31 Å². The second-order valence-corrected chi connectivity index (χ2v) is 8.03. The summed E-state index contributed by atoms with van der Waals surface area (Å²) in [6.45, 7) is 2.88. The Morgan fingerprint density at radius 2 is 1.73 bits per heavy atom. The molecule has 22 heavy (non-hydrogen) atoms. The van der Waals surface area contributed by atoms with E-state index in [-0.39, 0.29) is 25.5 Å². The molecule has 0 aromatic rings. The Kier molecular flexibility index (Phi) is 5.41. The Morgan fingerprint density at radius 1 is 1.09 bits per heavy atom. The fourth-order valence-corrected chi connectivity index (χ4v) is 3.79. The van der Waals surface area contributed by atoms with Crippen LogP contribution in [0.2, 0.25) is 0 Å². The zero-order chi connectivity index (χ0) is 16.3. The van der Waals surface area contributed by atoms with E-state index in [4.69, 9.17) is 5.73 Å². The third kappa shape index (κ3) is 4.40. The van der Waals surface area contributed by atoms with Crippen LogP contribution in [0.25, 0.3) is 0 Å². The monoisotopic (exact) mass is 332 g/mol. The molecule has 126 valence electrons. The van der Waals surface area contributed by atoms with E-state index in [9.17, 15) is 18.0 Å². The lowest BCUT2D eigenvalue weighted by molar-refractivity contribution is -0.133. The number of rotatable bonds is 4. The summed E-state index contributed by atoms with van der Waals surface area (Å²) in [5, 5.41) is 0. The van der Waals surface area contributed by atoms with E-state index in [1.807, 2.05) is 0 Å². The normalized spacial score (nSPS) is 25.1. The Morgan fingerprint density at radius 3 is 2.27 bits per heavy atom. The van der Waals surface area contributed by atoms with Crippen LogP contribution in [0.5, 0.6) is 0 Å². The Bertz CT molecular complexity index is 530. The molecule has 2 fully saturated rings. The SMILES string of the molecule is CS(=O)(=O)N1CCN(C(=O)CN2CCCC2)C[C@H](C(N)=O)C1. The molecule has 2 amide bonds. The molecular formula is C13H24N4O4S. The molecule has 9 heteroatoms. The Hall–Kier alpha value is -1.19. The number of carbonyl (C=O) groups is 2. The standard InChI is InChI=1S/C13H24N4O4S/c1-22(20,21)17-7-6-16(8-11(9-17)13(14)19)12(18)10-15-4-2-3-5-15/h11H,2-10H2,1H3,(H2,14,19)/t11-/m0/s1. The average Bonchev–Trinajstić information content (AvgIpc) is 2.79. The number of primary amides is 1. The molecule has 0 bridgehead atoms. The molecule has 1 atom stereocenters. The first kappa shape index (κ1) is 17.2. The highest BCUT2D eigenvalue weighted by molar-refractivity contribution is 7.88. The van der Waals surface area contributed by atoms with E-state index in [0.29, 0.717) is 13.1 Å². The zero-order valence-corrected chi connectivity index (χ0v) is 13.7. The first-order chi connectivity index (χ1) is 10.3. The summed E-state index contributed by atoms with van der Waals surface area (Å²) in [4.78, 5) is 27.6. The highest BCUT2D eigenvalue weighted by Crippen LogP contribution is 2.14. The number of amides is 2. The van der Waals surface area contributed by atoms with E-state index < -0.39 is 21.8 Å². The largest absolute Gasteiger partial charge is 0.369 e. The smallest absolute Gasteiger partial charge is 0.236 e. The maximum absolute atomic E-state index is 12.4. The highest BCUT2D eigenvalue weighted by atomic mass is 32.2. The van der Waals surface area contributed by atoms with E-state index in [1.54, 1.807) is 4.90 Å². The van der Waals surface area contributed by atoms with Gasteiger partial charge in [0.25, 0.3) is 0 Å². The van der Waals surface area contributed by atoms with Gasteiger partial charge in [0.05, 0.1) is 18.7 Å². The van der Waals surface area contributed by atoms with Crippen molar-refractivity contribution in [1.82, 2.24) is 14.1 Å². The maximum Gasteiger partial charge on any atom is 0.236 e. The summed E-state index contributed by atoms with van der Waals surface area (Å²) < 4.78 is 24.7. The lowest BCUT2D eigenvalue weighted by Gasteiger charge is -2.25. The summed E-state index contributed by atoms with van der Waals surface area (Å²) >= 11 is 0. The minimum Gasteiger partial charge on any atom is -0.369 e. The van der Waals surface area contributed by atoms with Crippen LogP contribution in [-0.4, -0.2) is 86.4 Å². The van der Waals surface area contributed by atoms with Gasteiger partial charge in [-0.1, -0.05) is 0 Å². The number of hydrogen-bond donors (Lipinski definition) is 1. The molecule has 2 heterocycles. The fraction of sp³-hybridized carbons (Fsp3) is 0.846. The summed E-state index contributed by atoms with van der Waals surface area (Å²) in [7, 11) is -3.41. The molecule has 0 saturated carbocycles. The minimum atomic E-state index is -3.41. The van der Waals surface area contributed by atoms with Crippen molar-refractivity contribution in [2.75, 3.05) is 52.1 Å². The van der Waals surface area contributed by atoms with Crippen LogP contribution in [0, 0.1) is 5.92 Å². The van der Waals surface area contributed by atoms with Gasteiger partial charge in [-0.3, -0.25) is 14.5 Å². The molecule has 0 radical (unpaired) electrons. The molecule has 2 aliphatic heterocycles. The van der Waals surface area contributed by atoms with E-state index in [2.05, 4.69) is 4.90 Å². The molecule has 0 aromatic carbocycles. The van der Waals surface area contributed by atoms with Crippen LogP contribution >= 0.6 is 0 Å². The van der Waals surface area contributed by atoms with Gasteiger partial charge in [-0.25, -0.2) is 8.42 Å². The summed E-state index contributed by atoms with van der Waals surface area (Å²) in [5.74, 6) is -1.31. The molecule has 0 aliphatic carbocycles. The molecule has 2 rings (SSSR count). The molecular weight excluding hydrogens is 308 g/mol. The van der Waals surface area contributed by atoms with Crippen LogP contribution < -0.4 is 5.73 Å². The van der Waals surface area contributed by atoms with Crippen LogP contribution in [0.1, 0.15) is 12.8 Å². The van der Waals surface area contributed by atoms with Crippen molar-refractivity contribution in [2.45, 2.75) is 12.8 Å². The molecule has 0 spiro atoms.